The van der Waals surface area contributed by atoms with Crippen molar-refractivity contribution in [1.29, 1.82) is 0 Å². The Labute approximate surface area is 356 Å². The SMILES string of the molecule is COOC=N[C@H](C(=O)N1CCC[C@H]1c1ncc(C#Cc2ccc(C#Cc3cnc([C@@H]4CCCN4C(=O)[C@@H](NC(=O)OC)C(C)C)[nH]3)cc2)[nH]1)C(C)C.S.S.S.S. The molecule has 14 nitrogen and oxygen atoms in total. The smallest absolute Gasteiger partial charge is 0.407 e. The van der Waals surface area contributed by atoms with Crippen LogP contribution in [0.25, 0.3) is 0 Å². The lowest BCUT2D eigenvalue weighted by molar-refractivity contribution is -0.188. The van der Waals surface area contributed by atoms with E-state index in [-0.39, 0.29) is 89.7 Å². The molecule has 2 fully saturated rings. The van der Waals surface area contributed by atoms with E-state index in [1.807, 2.05) is 56.9 Å². The Morgan fingerprint density at radius 2 is 1.27 bits per heavy atom. The number of aromatic nitrogens is 4. The maximum absolute atomic E-state index is 13.4. The molecule has 4 atom stereocenters. The summed E-state index contributed by atoms with van der Waals surface area (Å²) in [6, 6.07) is 5.91. The molecule has 3 aromatic rings. The lowest BCUT2D eigenvalue weighted by Gasteiger charge is -2.29. The van der Waals surface area contributed by atoms with Gasteiger partial charge in [0.1, 0.15) is 35.1 Å². The lowest BCUT2D eigenvalue weighted by atomic mass is 10.0. The Morgan fingerprint density at radius 1 is 0.786 bits per heavy atom. The molecule has 2 aliphatic rings. The fourth-order valence-corrected chi connectivity index (χ4v) is 6.39. The summed E-state index contributed by atoms with van der Waals surface area (Å²) in [5, 5.41) is 2.67. The van der Waals surface area contributed by atoms with Gasteiger partial charge in [0.2, 0.25) is 18.2 Å². The predicted octanol–water partition coefficient (Wildman–Crippen LogP) is 4.72. The monoisotopic (exact) mass is 846 g/mol. The maximum atomic E-state index is 13.4. The van der Waals surface area contributed by atoms with Gasteiger partial charge in [0.15, 0.2) is 0 Å². The Balaban J connectivity index is 0.00000392. The number of rotatable bonds is 10. The number of ether oxygens (including phenoxy) is 1. The van der Waals surface area contributed by atoms with Crippen LogP contribution in [0.1, 0.15) is 99.6 Å². The summed E-state index contributed by atoms with van der Waals surface area (Å²) in [7, 11) is 2.66. The minimum Gasteiger partial charge on any atom is -0.453 e. The van der Waals surface area contributed by atoms with Crippen LogP contribution in [0.3, 0.4) is 0 Å². The molecule has 3 amide bonds. The van der Waals surface area contributed by atoms with Crippen LogP contribution in [0.2, 0.25) is 0 Å². The van der Waals surface area contributed by atoms with E-state index in [2.05, 4.69) is 58.8 Å². The first-order valence-corrected chi connectivity index (χ1v) is 17.5. The number of benzene rings is 1. The standard InChI is InChI=1S/C38H46N8O6.4H2S/c1-24(2)32(41-23-52-51-6)36(47)45-19-7-9-30(45)34-39-21-28(42-34)17-15-26-11-13-27(14-12-26)16-18-29-22-40-35(43-29)31-10-8-20-46(31)37(48)33(25(3)4)44-38(49)50-5;;;;/h11-14,21-25,30-33H,7-10,19-20H2,1-6H3,(H,39,42)(H,40,43)(H,44,49);4*1H2/t30-,31-,32-,33-;;;;/m0..../s1. The highest BCUT2D eigenvalue weighted by atomic mass is 32.1. The highest BCUT2D eigenvalue weighted by molar-refractivity contribution is 7.59. The number of aliphatic imine (C=N–C) groups is 1. The largest absolute Gasteiger partial charge is 0.453 e. The summed E-state index contributed by atoms with van der Waals surface area (Å²) in [5.74, 6) is 13.6. The molecule has 306 valence electrons. The van der Waals surface area contributed by atoms with Crippen molar-refractivity contribution in [3.8, 4) is 23.7 Å². The first-order valence-electron chi connectivity index (χ1n) is 17.5. The normalized spacial score (nSPS) is 16.9. The van der Waals surface area contributed by atoms with E-state index in [1.54, 1.807) is 17.3 Å². The molecule has 5 rings (SSSR count). The van der Waals surface area contributed by atoms with Gasteiger partial charge in [-0.2, -0.15) is 58.9 Å². The van der Waals surface area contributed by atoms with Crippen LogP contribution in [-0.4, -0.2) is 93.4 Å². The summed E-state index contributed by atoms with van der Waals surface area (Å²) in [4.78, 5) is 71.5. The van der Waals surface area contributed by atoms with Crippen LogP contribution in [0.5, 0.6) is 0 Å². The zero-order valence-corrected chi connectivity index (χ0v) is 36.4. The fraction of sp³-hybridized carbons (Fsp3) is 0.474. The number of amides is 3. The van der Waals surface area contributed by atoms with Crippen LogP contribution < -0.4 is 5.32 Å². The Bertz CT molecular complexity index is 1880. The molecular weight excluding hydrogens is 793 g/mol. The molecule has 2 aromatic heterocycles. The number of likely N-dealkylation sites (tertiary alicyclic amines) is 2. The summed E-state index contributed by atoms with van der Waals surface area (Å²) < 4.78 is 4.72. The number of methoxy groups -OCH3 is 1. The van der Waals surface area contributed by atoms with Gasteiger partial charge in [-0.3, -0.25) is 9.59 Å². The van der Waals surface area contributed by atoms with E-state index in [0.29, 0.717) is 36.1 Å². The van der Waals surface area contributed by atoms with Crippen molar-refractivity contribution in [2.24, 2.45) is 16.8 Å². The molecular formula is C38H54N8O6S4. The van der Waals surface area contributed by atoms with E-state index in [9.17, 15) is 14.4 Å². The van der Waals surface area contributed by atoms with Crippen LogP contribution in [0, 0.1) is 35.5 Å². The summed E-state index contributed by atoms with van der Waals surface area (Å²) in [5.41, 5.74) is 2.91. The molecule has 0 aliphatic carbocycles. The molecule has 3 N–H and O–H groups in total. The predicted molar refractivity (Wildman–Crippen MR) is 234 cm³/mol. The summed E-state index contributed by atoms with van der Waals surface area (Å²) in [6.07, 6.45) is 7.15. The Hall–Kier alpha value is -4.20. The van der Waals surface area contributed by atoms with E-state index in [4.69, 9.17) is 9.62 Å². The molecule has 2 aliphatic heterocycles. The summed E-state index contributed by atoms with van der Waals surface area (Å²) >= 11 is 0. The van der Waals surface area contributed by atoms with Crippen molar-refractivity contribution in [2.75, 3.05) is 27.3 Å². The Kier molecular flexibility index (Phi) is 21.1. The molecule has 2 saturated heterocycles. The average molecular weight is 847 g/mol. The van der Waals surface area contributed by atoms with Gasteiger partial charge in [-0.1, -0.05) is 39.5 Å². The number of carbonyl (C=O) groups excluding carboxylic acids is 3. The van der Waals surface area contributed by atoms with E-state index in [0.717, 1.165) is 43.2 Å². The van der Waals surface area contributed by atoms with Crippen LogP contribution in [0.15, 0.2) is 41.7 Å². The number of nitrogens with zero attached hydrogens (tertiary/aromatic N) is 5. The quantitative estimate of drug-likeness (QED) is 0.0867. The van der Waals surface area contributed by atoms with Crippen molar-refractivity contribution in [3.63, 3.8) is 0 Å². The van der Waals surface area contributed by atoms with Crippen LogP contribution >= 0.6 is 54.0 Å². The van der Waals surface area contributed by atoms with Gasteiger partial charge in [0.05, 0.1) is 38.7 Å². The zero-order valence-electron chi connectivity index (χ0n) is 32.4. The number of alkyl carbamates (subject to hydrolysis) is 1. The van der Waals surface area contributed by atoms with Crippen molar-refractivity contribution in [2.45, 2.75) is 77.5 Å². The molecule has 0 unspecified atom stereocenters. The van der Waals surface area contributed by atoms with E-state index < -0.39 is 18.2 Å². The number of aromatic amines is 2. The van der Waals surface area contributed by atoms with Crippen molar-refractivity contribution in [1.82, 2.24) is 35.1 Å². The van der Waals surface area contributed by atoms with Crippen LogP contribution in [0.4, 0.5) is 4.79 Å². The first-order chi connectivity index (χ1) is 25.1. The molecule has 18 heteroatoms. The summed E-state index contributed by atoms with van der Waals surface area (Å²) in [6.45, 7) is 8.87. The van der Waals surface area contributed by atoms with Crippen LogP contribution in [-0.2, 0) is 24.1 Å². The van der Waals surface area contributed by atoms with Crippen molar-refractivity contribution >= 4 is 78.3 Å². The topological polar surface area (TPSA) is 167 Å². The highest BCUT2D eigenvalue weighted by Gasteiger charge is 2.38. The minimum absolute atomic E-state index is 0. The number of hydrogen-bond donors (Lipinski definition) is 3. The molecule has 56 heavy (non-hydrogen) atoms. The van der Waals surface area contributed by atoms with E-state index >= 15 is 0 Å². The third-order valence-electron chi connectivity index (χ3n) is 9.10. The number of imidazole rings is 2. The van der Waals surface area contributed by atoms with Gasteiger partial charge in [0, 0.05) is 24.2 Å². The minimum atomic E-state index is -0.696. The number of H-pyrrole nitrogens is 2. The number of hydrogen-bond acceptors (Lipinski definition) is 9. The maximum Gasteiger partial charge on any atom is 0.407 e. The second kappa shape index (κ2) is 23.8. The van der Waals surface area contributed by atoms with Gasteiger partial charge < -0.3 is 34.7 Å². The van der Waals surface area contributed by atoms with E-state index in [1.165, 1.54) is 14.2 Å². The molecule has 1 aromatic carbocycles. The second-order valence-electron chi connectivity index (χ2n) is 13.4. The van der Waals surface area contributed by atoms with Gasteiger partial charge in [-0.05, 0) is 73.6 Å². The molecule has 0 radical (unpaired) electrons. The number of nitrogens with one attached hydrogen (secondary N) is 3. The number of carbonyl (C=O) groups is 3. The first kappa shape index (κ1) is 49.8. The molecule has 0 saturated carbocycles. The average Bonchev–Trinajstić information content (AvgIpc) is 3.97. The molecule has 0 spiro atoms. The van der Waals surface area contributed by atoms with Gasteiger partial charge in [-0.25, -0.2) is 19.8 Å². The van der Waals surface area contributed by atoms with Crippen molar-refractivity contribution < 1.29 is 28.9 Å². The Morgan fingerprint density at radius 3 is 1.70 bits per heavy atom. The highest BCUT2D eigenvalue weighted by Crippen LogP contribution is 2.33. The van der Waals surface area contributed by atoms with Gasteiger partial charge >= 0.3 is 6.09 Å². The second-order valence-corrected chi connectivity index (χ2v) is 13.4. The van der Waals surface area contributed by atoms with Gasteiger partial charge in [-0.15, -0.1) is 0 Å². The third kappa shape index (κ3) is 12.7. The molecule has 0 bridgehead atoms. The molecule has 4 heterocycles. The lowest BCUT2D eigenvalue weighted by Crippen LogP contribution is -2.51. The third-order valence-corrected chi connectivity index (χ3v) is 9.10. The van der Waals surface area contributed by atoms with Gasteiger partial charge in [0.25, 0.3) is 0 Å². The zero-order chi connectivity index (χ0) is 37.2. The van der Waals surface area contributed by atoms with Crippen molar-refractivity contribution in [3.05, 3.63) is 70.8 Å². The fourth-order valence-electron chi connectivity index (χ4n) is 6.39.